The van der Waals surface area contributed by atoms with Gasteiger partial charge >= 0.3 is 5.97 Å². The molecule has 0 bridgehead atoms. The van der Waals surface area contributed by atoms with Crippen molar-refractivity contribution in [2.45, 2.75) is 32.5 Å². The Bertz CT molecular complexity index is 816. The van der Waals surface area contributed by atoms with Crippen LogP contribution in [0.5, 0.6) is 0 Å². The van der Waals surface area contributed by atoms with Crippen molar-refractivity contribution in [3.63, 3.8) is 0 Å². The van der Waals surface area contributed by atoms with Crippen molar-refractivity contribution in [1.29, 1.82) is 0 Å². The lowest BCUT2D eigenvalue weighted by atomic mass is 9.95. The Balaban J connectivity index is 2.12. The molecule has 7 heteroatoms. The van der Waals surface area contributed by atoms with Gasteiger partial charge in [0, 0.05) is 6.42 Å². The number of rotatable bonds is 9. The summed E-state index contributed by atoms with van der Waals surface area (Å²) in [5.74, 6) is 9.38. The van der Waals surface area contributed by atoms with E-state index in [1.165, 1.54) is 6.21 Å². The molecule has 0 spiro atoms. The van der Waals surface area contributed by atoms with Gasteiger partial charge in [0.25, 0.3) is 0 Å². The Morgan fingerprint density at radius 3 is 2.44 bits per heavy atom. The Kier molecular flexibility index (Phi) is 7.51. The minimum absolute atomic E-state index is 0.197. The van der Waals surface area contributed by atoms with Crippen LogP contribution in [0, 0.1) is 0 Å². The fourth-order valence-electron chi connectivity index (χ4n) is 2.88. The Labute approximate surface area is 158 Å². The number of hydrazone groups is 2. The van der Waals surface area contributed by atoms with Crippen molar-refractivity contribution < 1.29 is 14.6 Å². The molecule has 27 heavy (non-hydrogen) atoms. The molecule has 1 atom stereocenters. The number of hydrogen-bond acceptors (Lipinski definition) is 6. The summed E-state index contributed by atoms with van der Waals surface area (Å²) >= 11 is 0. The van der Waals surface area contributed by atoms with Crippen molar-refractivity contribution in [1.82, 2.24) is 0 Å². The molecule has 0 aliphatic rings. The van der Waals surface area contributed by atoms with Gasteiger partial charge < -0.3 is 21.5 Å². The average molecular weight is 368 g/mol. The van der Waals surface area contributed by atoms with Crippen molar-refractivity contribution >= 4 is 18.4 Å². The van der Waals surface area contributed by atoms with E-state index < -0.39 is 12.1 Å². The topological polar surface area (TPSA) is 123 Å². The van der Waals surface area contributed by atoms with Crippen molar-refractivity contribution in [3.8, 4) is 0 Å². The predicted octanol–water partition coefficient (Wildman–Crippen LogP) is 2.05. The van der Waals surface area contributed by atoms with Crippen LogP contribution >= 0.6 is 0 Å². The van der Waals surface area contributed by atoms with Crippen LogP contribution in [0.4, 0.5) is 0 Å². The largest absolute Gasteiger partial charge is 0.479 e. The fraction of sp³-hybridized carbons (Fsp3) is 0.250. The molecule has 0 aromatic heterocycles. The first-order valence-corrected chi connectivity index (χ1v) is 8.59. The Morgan fingerprint density at radius 1 is 1.15 bits per heavy atom. The Hall–Kier alpha value is -3.19. The van der Waals surface area contributed by atoms with Crippen LogP contribution in [0.15, 0.2) is 52.7 Å². The third-order valence-corrected chi connectivity index (χ3v) is 4.21. The van der Waals surface area contributed by atoms with E-state index in [1.807, 2.05) is 49.4 Å². The molecule has 2 rings (SSSR count). The van der Waals surface area contributed by atoms with E-state index in [0.717, 1.165) is 34.2 Å². The molecule has 0 aliphatic heterocycles. The maximum absolute atomic E-state index is 11.7. The molecule has 0 saturated heterocycles. The highest BCUT2D eigenvalue weighted by molar-refractivity contribution is 5.82. The summed E-state index contributed by atoms with van der Waals surface area (Å²) in [4.78, 5) is 11.7. The van der Waals surface area contributed by atoms with Crippen LogP contribution in [-0.4, -0.2) is 29.6 Å². The molecule has 7 nitrogen and oxygen atoms in total. The number of benzene rings is 2. The number of carbonyl (C=O) groups is 1. The third kappa shape index (κ3) is 5.65. The molecule has 5 N–H and O–H groups in total. The number of carboxylic acid groups (broad SMARTS) is 1. The first kappa shape index (κ1) is 20.1. The molecule has 1 unspecified atom stereocenters. The molecular weight excluding hydrogens is 344 g/mol. The second kappa shape index (κ2) is 10.1. The van der Waals surface area contributed by atoms with Gasteiger partial charge in [-0.15, -0.1) is 0 Å². The smallest absolute Gasteiger partial charge is 0.333 e. The van der Waals surface area contributed by atoms with E-state index in [9.17, 15) is 9.90 Å². The number of nitrogens with two attached hydrogens (primary N) is 2. The number of carboxylic acids is 1. The van der Waals surface area contributed by atoms with Crippen LogP contribution in [0.3, 0.4) is 0 Å². The molecule has 142 valence electrons. The maximum atomic E-state index is 11.7. The SMILES string of the molecule is CCc1c(C=NN)cccc1CC(OCc1ccc(C=NN)cc1)C(=O)O. The standard InChI is InChI=1S/C20H24N4O3/c1-2-18-16(4-3-5-17(18)12-24-22)10-19(20(25)26)27-13-15-8-6-14(7-9-15)11-23-21/h3-9,11-12,19H,2,10,13,21-22H2,1H3,(H,25,26). The second-order valence-corrected chi connectivity index (χ2v) is 5.98. The first-order chi connectivity index (χ1) is 13.1. The van der Waals surface area contributed by atoms with Gasteiger partial charge in [0.05, 0.1) is 19.0 Å². The zero-order chi connectivity index (χ0) is 19.6. The zero-order valence-electron chi connectivity index (χ0n) is 15.2. The highest BCUT2D eigenvalue weighted by Crippen LogP contribution is 2.18. The number of nitrogens with zero attached hydrogens (tertiary/aromatic N) is 2. The summed E-state index contributed by atoms with van der Waals surface area (Å²) in [7, 11) is 0. The van der Waals surface area contributed by atoms with Crippen LogP contribution in [0.25, 0.3) is 0 Å². The first-order valence-electron chi connectivity index (χ1n) is 8.59. The highest BCUT2D eigenvalue weighted by Gasteiger charge is 2.20. The van der Waals surface area contributed by atoms with Crippen LogP contribution in [0.1, 0.15) is 34.7 Å². The second-order valence-electron chi connectivity index (χ2n) is 5.98. The van der Waals surface area contributed by atoms with Crippen LogP contribution < -0.4 is 11.7 Å². The Morgan fingerprint density at radius 2 is 1.85 bits per heavy atom. The summed E-state index contributed by atoms with van der Waals surface area (Å²) in [6.07, 6.45) is 3.17. The summed E-state index contributed by atoms with van der Waals surface area (Å²) in [5.41, 5.74) is 4.56. The lowest BCUT2D eigenvalue weighted by Crippen LogP contribution is -2.27. The molecule has 0 saturated carbocycles. The molecule has 0 amide bonds. The molecule has 0 aliphatic carbocycles. The van der Waals surface area contributed by atoms with Gasteiger partial charge in [-0.2, -0.15) is 10.2 Å². The minimum atomic E-state index is -0.998. The molecule has 0 fully saturated rings. The molecule has 2 aromatic carbocycles. The summed E-state index contributed by atoms with van der Waals surface area (Å²) in [6, 6.07) is 13.1. The van der Waals surface area contributed by atoms with E-state index in [4.69, 9.17) is 16.4 Å². The molecule has 0 heterocycles. The lowest BCUT2D eigenvalue weighted by Gasteiger charge is -2.17. The predicted molar refractivity (Wildman–Crippen MR) is 106 cm³/mol. The van der Waals surface area contributed by atoms with Gasteiger partial charge in [0.2, 0.25) is 0 Å². The van der Waals surface area contributed by atoms with Crippen molar-refractivity contribution in [2.24, 2.45) is 21.9 Å². The summed E-state index contributed by atoms with van der Waals surface area (Å²) in [5, 5.41) is 16.6. The van der Waals surface area contributed by atoms with Gasteiger partial charge in [-0.25, -0.2) is 4.79 Å². The fourth-order valence-corrected chi connectivity index (χ4v) is 2.88. The van der Waals surface area contributed by atoms with Gasteiger partial charge in [0.15, 0.2) is 6.10 Å². The monoisotopic (exact) mass is 368 g/mol. The van der Waals surface area contributed by atoms with Crippen LogP contribution in [0.2, 0.25) is 0 Å². The maximum Gasteiger partial charge on any atom is 0.333 e. The summed E-state index contributed by atoms with van der Waals surface area (Å²) in [6.45, 7) is 2.21. The minimum Gasteiger partial charge on any atom is -0.479 e. The van der Waals surface area contributed by atoms with Gasteiger partial charge in [0.1, 0.15) is 0 Å². The van der Waals surface area contributed by atoms with E-state index in [-0.39, 0.29) is 13.0 Å². The van der Waals surface area contributed by atoms with Gasteiger partial charge in [-0.05, 0) is 34.2 Å². The van der Waals surface area contributed by atoms with Crippen LogP contribution in [-0.2, 0) is 29.0 Å². The van der Waals surface area contributed by atoms with Crippen molar-refractivity contribution in [3.05, 3.63) is 70.3 Å². The number of ether oxygens (including phenoxy) is 1. The van der Waals surface area contributed by atoms with E-state index in [2.05, 4.69) is 10.2 Å². The normalized spacial score (nSPS) is 12.6. The number of aliphatic carboxylic acids is 1. The van der Waals surface area contributed by atoms with Gasteiger partial charge in [-0.3, -0.25) is 0 Å². The molecular formula is C20H24N4O3. The van der Waals surface area contributed by atoms with Crippen molar-refractivity contribution in [2.75, 3.05) is 0 Å². The van der Waals surface area contributed by atoms with E-state index in [1.54, 1.807) is 6.21 Å². The average Bonchev–Trinajstić information content (AvgIpc) is 2.66. The zero-order valence-corrected chi connectivity index (χ0v) is 15.2. The van der Waals surface area contributed by atoms with Gasteiger partial charge in [-0.1, -0.05) is 49.4 Å². The summed E-state index contributed by atoms with van der Waals surface area (Å²) < 4.78 is 5.68. The lowest BCUT2D eigenvalue weighted by molar-refractivity contribution is -0.151. The van der Waals surface area contributed by atoms with E-state index >= 15 is 0 Å². The number of hydrogen-bond donors (Lipinski definition) is 3. The third-order valence-electron chi connectivity index (χ3n) is 4.21. The molecule has 0 radical (unpaired) electrons. The molecule has 2 aromatic rings. The highest BCUT2D eigenvalue weighted by atomic mass is 16.5. The van der Waals surface area contributed by atoms with E-state index in [0.29, 0.717) is 0 Å². The quantitative estimate of drug-likeness (QED) is 0.355.